The van der Waals surface area contributed by atoms with E-state index in [1.165, 1.54) is 0 Å². The average molecular weight is 186 g/mol. The van der Waals surface area contributed by atoms with E-state index in [0.29, 0.717) is 23.9 Å². The molecule has 1 aliphatic heterocycles. The van der Waals surface area contributed by atoms with Gasteiger partial charge in [0, 0.05) is 13.0 Å². The van der Waals surface area contributed by atoms with Crippen molar-refractivity contribution < 1.29 is 9.47 Å². The fraction of sp³-hybridized carbons (Fsp3) is 1.00. The van der Waals surface area contributed by atoms with Gasteiger partial charge in [-0.3, -0.25) is 0 Å². The first kappa shape index (κ1) is 11.0. The highest BCUT2D eigenvalue weighted by Crippen LogP contribution is 2.36. The van der Waals surface area contributed by atoms with Crippen LogP contribution < -0.4 is 0 Å². The molecule has 5 atom stereocenters. The van der Waals surface area contributed by atoms with Crippen molar-refractivity contribution >= 4 is 0 Å². The molecule has 0 saturated carbocycles. The van der Waals surface area contributed by atoms with Crippen LogP contribution in [0.5, 0.6) is 0 Å². The summed E-state index contributed by atoms with van der Waals surface area (Å²) in [7, 11) is 1.73. The average Bonchev–Trinajstić information content (AvgIpc) is 2.15. The highest BCUT2D eigenvalue weighted by atomic mass is 16.7. The molecule has 0 spiro atoms. The van der Waals surface area contributed by atoms with Crippen molar-refractivity contribution in [2.24, 2.45) is 17.8 Å². The van der Waals surface area contributed by atoms with Gasteiger partial charge in [0.15, 0.2) is 6.29 Å². The van der Waals surface area contributed by atoms with E-state index >= 15 is 0 Å². The minimum Gasteiger partial charge on any atom is -0.356 e. The second kappa shape index (κ2) is 4.43. The molecular formula is C11H22O2. The number of rotatable bonds is 2. The second-order valence-electron chi connectivity index (χ2n) is 4.26. The summed E-state index contributed by atoms with van der Waals surface area (Å²) in [6.45, 7) is 8.96. The molecule has 1 aliphatic rings. The summed E-state index contributed by atoms with van der Waals surface area (Å²) < 4.78 is 11.2. The van der Waals surface area contributed by atoms with Crippen molar-refractivity contribution in [3.63, 3.8) is 0 Å². The van der Waals surface area contributed by atoms with Crippen LogP contribution in [0.15, 0.2) is 0 Å². The molecule has 0 aromatic heterocycles. The van der Waals surface area contributed by atoms with Crippen LogP contribution in [0.25, 0.3) is 0 Å². The Kier molecular flexibility index (Phi) is 3.74. The van der Waals surface area contributed by atoms with Crippen molar-refractivity contribution in [2.45, 2.75) is 46.5 Å². The normalized spacial score (nSPS) is 46.4. The molecule has 2 nitrogen and oxygen atoms in total. The summed E-state index contributed by atoms with van der Waals surface area (Å²) >= 11 is 0. The Bertz CT molecular complexity index is 138. The maximum atomic E-state index is 5.86. The predicted molar refractivity (Wildman–Crippen MR) is 53.5 cm³/mol. The topological polar surface area (TPSA) is 18.5 Å². The highest BCUT2D eigenvalue weighted by molar-refractivity contribution is 4.81. The van der Waals surface area contributed by atoms with Crippen LogP contribution in [0.2, 0.25) is 0 Å². The first-order chi connectivity index (χ1) is 6.11. The van der Waals surface area contributed by atoms with Crippen molar-refractivity contribution in [3.05, 3.63) is 0 Å². The largest absolute Gasteiger partial charge is 0.356 e. The van der Waals surface area contributed by atoms with Gasteiger partial charge in [-0.1, -0.05) is 27.7 Å². The Morgan fingerprint density at radius 1 is 1.08 bits per heavy atom. The zero-order chi connectivity index (χ0) is 10.0. The van der Waals surface area contributed by atoms with E-state index in [9.17, 15) is 0 Å². The van der Waals surface area contributed by atoms with Crippen molar-refractivity contribution in [3.8, 4) is 0 Å². The molecule has 0 aliphatic carbocycles. The fourth-order valence-electron chi connectivity index (χ4n) is 2.22. The molecule has 1 rings (SSSR count). The van der Waals surface area contributed by atoms with Crippen LogP contribution in [0.4, 0.5) is 0 Å². The molecule has 78 valence electrons. The zero-order valence-electron chi connectivity index (χ0n) is 9.41. The number of hydrogen-bond acceptors (Lipinski definition) is 2. The van der Waals surface area contributed by atoms with Gasteiger partial charge < -0.3 is 9.47 Å². The zero-order valence-corrected chi connectivity index (χ0v) is 9.41. The summed E-state index contributed by atoms with van der Waals surface area (Å²) in [5.74, 6) is 1.83. The molecule has 0 amide bonds. The van der Waals surface area contributed by atoms with Crippen molar-refractivity contribution in [1.82, 2.24) is 0 Å². The molecule has 2 heteroatoms. The summed E-state index contributed by atoms with van der Waals surface area (Å²) in [5, 5.41) is 0. The summed E-state index contributed by atoms with van der Waals surface area (Å²) in [5.41, 5.74) is 0. The first-order valence-corrected chi connectivity index (χ1v) is 5.30. The van der Waals surface area contributed by atoms with Gasteiger partial charge in [0.1, 0.15) is 0 Å². The molecule has 1 fully saturated rings. The van der Waals surface area contributed by atoms with Crippen molar-refractivity contribution in [1.29, 1.82) is 0 Å². The Balaban J connectivity index is 2.66. The van der Waals surface area contributed by atoms with E-state index in [-0.39, 0.29) is 6.29 Å². The van der Waals surface area contributed by atoms with Gasteiger partial charge in [-0.15, -0.1) is 0 Å². The maximum Gasteiger partial charge on any atom is 0.160 e. The molecule has 0 aromatic rings. The fourth-order valence-corrected chi connectivity index (χ4v) is 2.22. The van der Waals surface area contributed by atoms with E-state index in [2.05, 4.69) is 27.7 Å². The van der Waals surface area contributed by atoms with Crippen LogP contribution in [0, 0.1) is 17.8 Å². The molecule has 0 radical (unpaired) electrons. The molecule has 1 heterocycles. The maximum absolute atomic E-state index is 5.86. The molecule has 0 bridgehead atoms. The third kappa shape index (κ3) is 2.05. The third-order valence-corrected chi connectivity index (χ3v) is 3.62. The van der Waals surface area contributed by atoms with Gasteiger partial charge >= 0.3 is 0 Å². The molecule has 0 aromatic carbocycles. The predicted octanol–water partition coefficient (Wildman–Crippen LogP) is 2.68. The molecule has 0 N–H and O–H groups in total. The van der Waals surface area contributed by atoms with Crippen LogP contribution >= 0.6 is 0 Å². The second-order valence-corrected chi connectivity index (χ2v) is 4.26. The van der Waals surface area contributed by atoms with Gasteiger partial charge in [0.05, 0.1) is 6.10 Å². The lowest BCUT2D eigenvalue weighted by Gasteiger charge is -2.42. The standard InChI is InChI=1S/C11H22O2/c1-6-10-8(3)7(2)9(4)11(12-5)13-10/h7-11H,6H2,1-5H3/t7?,8-,9+,10?,11+/m1/s1. The summed E-state index contributed by atoms with van der Waals surface area (Å²) in [4.78, 5) is 0. The van der Waals surface area contributed by atoms with Gasteiger partial charge in [-0.2, -0.15) is 0 Å². The van der Waals surface area contributed by atoms with E-state index in [1.807, 2.05) is 0 Å². The van der Waals surface area contributed by atoms with E-state index < -0.39 is 0 Å². The van der Waals surface area contributed by atoms with E-state index in [1.54, 1.807) is 7.11 Å². The molecular weight excluding hydrogens is 164 g/mol. The van der Waals surface area contributed by atoms with E-state index in [0.717, 1.165) is 6.42 Å². The van der Waals surface area contributed by atoms with Crippen LogP contribution in [0.1, 0.15) is 34.1 Å². The monoisotopic (exact) mass is 186 g/mol. The lowest BCUT2D eigenvalue weighted by Crippen LogP contribution is -2.45. The van der Waals surface area contributed by atoms with Gasteiger partial charge in [0.25, 0.3) is 0 Å². The molecule has 1 saturated heterocycles. The van der Waals surface area contributed by atoms with Gasteiger partial charge in [0.2, 0.25) is 0 Å². The SMILES string of the molecule is CCC1O[C@H](OC)[C@@H](C)C(C)[C@H]1C. The minimum absolute atomic E-state index is 0.00356. The summed E-state index contributed by atoms with van der Waals surface area (Å²) in [6.07, 6.45) is 1.45. The Hall–Kier alpha value is -0.0800. The number of ether oxygens (including phenoxy) is 2. The van der Waals surface area contributed by atoms with E-state index in [4.69, 9.17) is 9.47 Å². The highest BCUT2D eigenvalue weighted by Gasteiger charge is 2.38. The van der Waals surface area contributed by atoms with Crippen LogP contribution in [-0.2, 0) is 9.47 Å². The first-order valence-electron chi connectivity index (χ1n) is 5.30. The van der Waals surface area contributed by atoms with Crippen molar-refractivity contribution in [2.75, 3.05) is 7.11 Å². The number of methoxy groups -OCH3 is 1. The van der Waals surface area contributed by atoms with Gasteiger partial charge in [-0.25, -0.2) is 0 Å². The summed E-state index contributed by atoms with van der Waals surface area (Å²) in [6, 6.07) is 0. The van der Waals surface area contributed by atoms with Crippen LogP contribution in [-0.4, -0.2) is 19.5 Å². The lowest BCUT2D eigenvalue weighted by atomic mass is 9.78. The van der Waals surface area contributed by atoms with Gasteiger partial charge in [-0.05, 0) is 18.3 Å². The van der Waals surface area contributed by atoms with Crippen LogP contribution in [0.3, 0.4) is 0 Å². The number of hydrogen-bond donors (Lipinski definition) is 0. The smallest absolute Gasteiger partial charge is 0.160 e. The Labute approximate surface area is 81.6 Å². The Morgan fingerprint density at radius 2 is 1.69 bits per heavy atom. The Morgan fingerprint density at radius 3 is 2.15 bits per heavy atom. The lowest BCUT2D eigenvalue weighted by molar-refractivity contribution is -0.237. The molecule has 13 heavy (non-hydrogen) atoms. The quantitative estimate of drug-likeness (QED) is 0.660. The molecule has 2 unspecified atom stereocenters. The minimum atomic E-state index is -0.00356. The third-order valence-electron chi connectivity index (χ3n) is 3.62.